The largest absolute Gasteiger partial charge is 0.507 e. The molecular formula is C16H16N2O2. The first-order valence-corrected chi connectivity index (χ1v) is 7.08. The van der Waals surface area contributed by atoms with E-state index in [0.29, 0.717) is 11.1 Å². The van der Waals surface area contributed by atoms with E-state index in [1.165, 1.54) is 5.69 Å². The van der Waals surface area contributed by atoms with Gasteiger partial charge in [-0.05, 0) is 25.3 Å². The molecule has 4 heteroatoms. The number of fused-ring (bicyclic) bond motifs is 3. The van der Waals surface area contributed by atoms with E-state index in [1.807, 2.05) is 12.1 Å². The molecule has 2 aromatic rings. The van der Waals surface area contributed by atoms with Crippen molar-refractivity contribution in [2.45, 2.75) is 25.8 Å². The van der Waals surface area contributed by atoms with E-state index in [4.69, 9.17) is 0 Å². The van der Waals surface area contributed by atoms with Gasteiger partial charge < -0.3 is 15.0 Å². The number of aromatic nitrogens is 1. The number of anilines is 1. The molecule has 1 aromatic carbocycles. The summed E-state index contributed by atoms with van der Waals surface area (Å²) in [6.07, 6.45) is 2.89. The summed E-state index contributed by atoms with van der Waals surface area (Å²) < 4.78 is 2.23. The standard InChI is InChI=1S/C16H16N2O2/c19-13-7-2-1-4-11(13)14-15(20)10-5-3-6-12(10)18-9-8-17-16(14)18/h1-2,4,7,17,19H,3,5-6,8-9H2. The third-order valence-corrected chi connectivity index (χ3v) is 4.32. The third kappa shape index (κ3) is 1.45. The van der Waals surface area contributed by atoms with Crippen LogP contribution in [0.3, 0.4) is 0 Å². The molecule has 0 unspecified atom stereocenters. The topological polar surface area (TPSA) is 54.3 Å². The first-order valence-electron chi connectivity index (χ1n) is 7.08. The lowest BCUT2D eigenvalue weighted by Gasteiger charge is -2.15. The Bertz CT molecular complexity index is 762. The van der Waals surface area contributed by atoms with Gasteiger partial charge in [0.15, 0.2) is 5.43 Å². The zero-order valence-corrected chi connectivity index (χ0v) is 11.1. The number of hydrogen-bond donors (Lipinski definition) is 2. The second-order valence-corrected chi connectivity index (χ2v) is 5.43. The molecule has 102 valence electrons. The summed E-state index contributed by atoms with van der Waals surface area (Å²) in [7, 11) is 0. The molecule has 1 aliphatic heterocycles. The van der Waals surface area contributed by atoms with Crippen molar-refractivity contribution in [3.8, 4) is 16.9 Å². The van der Waals surface area contributed by atoms with Gasteiger partial charge in [0.2, 0.25) is 0 Å². The number of pyridine rings is 1. The number of para-hydroxylation sites is 1. The molecule has 0 radical (unpaired) electrons. The Hall–Kier alpha value is -2.23. The lowest BCUT2D eigenvalue weighted by atomic mass is 10.0. The lowest BCUT2D eigenvalue weighted by molar-refractivity contribution is 0.477. The molecule has 0 saturated carbocycles. The summed E-state index contributed by atoms with van der Waals surface area (Å²) in [4.78, 5) is 12.8. The third-order valence-electron chi connectivity index (χ3n) is 4.32. The zero-order chi connectivity index (χ0) is 13.7. The van der Waals surface area contributed by atoms with Crippen LogP contribution in [0.5, 0.6) is 5.75 Å². The zero-order valence-electron chi connectivity index (χ0n) is 11.1. The number of benzene rings is 1. The van der Waals surface area contributed by atoms with Gasteiger partial charge in [-0.1, -0.05) is 18.2 Å². The molecule has 0 bridgehead atoms. The normalized spacial score (nSPS) is 15.8. The number of aromatic hydroxyl groups is 1. The van der Waals surface area contributed by atoms with Crippen LogP contribution >= 0.6 is 0 Å². The summed E-state index contributed by atoms with van der Waals surface area (Å²) in [5, 5.41) is 13.4. The second kappa shape index (κ2) is 4.13. The average Bonchev–Trinajstić information content (AvgIpc) is 3.08. The molecule has 0 saturated heterocycles. The van der Waals surface area contributed by atoms with Gasteiger partial charge in [0.05, 0.1) is 5.56 Å². The van der Waals surface area contributed by atoms with Crippen LogP contribution < -0.4 is 10.7 Å². The van der Waals surface area contributed by atoms with Crippen molar-refractivity contribution in [2.75, 3.05) is 11.9 Å². The Labute approximate surface area is 116 Å². The van der Waals surface area contributed by atoms with Crippen LogP contribution in [0.2, 0.25) is 0 Å². The highest BCUT2D eigenvalue weighted by Crippen LogP contribution is 2.36. The van der Waals surface area contributed by atoms with Gasteiger partial charge in [-0.15, -0.1) is 0 Å². The highest BCUT2D eigenvalue weighted by atomic mass is 16.3. The number of hydrogen-bond acceptors (Lipinski definition) is 3. The highest BCUT2D eigenvalue weighted by Gasteiger charge is 2.28. The van der Waals surface area contributed by atoms with E-state index < -0.39 is 0 Å². The quantitative estimate of drug-likeness (QED) is 0.833. The Morgan fingerprint density at radius 1 is 1.20 bits per heavy atom. The van der Waals surface area contributed by atoms with Crippen LogP contribution in [0.1, 0.15) is 17.7 Å². The smallest absolute Gasteiger partial charge is 0.195 e. The van der Waals surface area contributed by atoms with Crippen molar-refractivity contribution in [2.24, 2.45) is 0 Å². The predicted octanol–water partition coefficient (Wildman–Crippen LogP) is 2.14. The maximum absolute atomic E-state index is 12.8. The van der Waals surface area contributed by atoms with Gasteiger partial charge in [0, 0.05) is 29.9 Å². The van der Waals surface area contributed by atoms with E-state index in [2.05, 4.69) is 9.88 Å². The van der Waals surface area contributed by atoms with Crippen LogP contribution in [0.25, 0.3) is 11.1 Å². The van der Waals surface area contributed by atoms with E-state index in [0.717, 1.165) is 43.7 Å². The molecule has 0 atom stereocenters. The first-order chi connectivity index (χ1) is 9.77. The van der Waals surface area contributed by atoms with Gasteiger partial charge in [-0.25, -0.2) is 0 Å². The number of phenolic OH excluding ortho intramolecular Hbond substituents is 1. The van der Waals surface area contributed by atoms with Crippen LogP contribution in [-0.4, -0.2) is 16.2 Å². The lowest BCUT2D eigenvalue weighted by Crippen LogP contribution is -2.17. The minimum absolute atomic E-state index is 0.0830. The molecule has 2 N–H and O–H groups in total. The Morgan fingerprint density at radius 2 is 2.05 bits per heavy atom. The van der Waals surface area contributed by atoms with Crippen molar-refractivity contribution in [3.63, 3.8) is 0 Å². The number of nitrogens with zero attached hydrogens (tertiary/aromatic N) is 1. The molecule has 2 heterocycles. The molecule has 4 rings (SSSR count). The number of rotatable bonds is 1. The van der Waals surface area contributed by atoms with E-state index in [-0.39, 0.29) is 11.2 Å². The monoisotopic (exact) mass is 268 g/mol. The van der Waals surface area contributed by atoms with E-state index in [9.17, 15) is 9.90 Å². The summed E-state index contributed by atoms with van der Waals surface area (Å²) >= 11 is 0. The first kappa shape index (κ1) is 11.6. The van der Waals surface area contributed by atoms with Crippen molar-refractivity contribution in [3.05, 3.63) is 45.7 Å². The van der Waals surface area contributed by atoms with Gasteiger partial charge >= 0.3 is 0 Å². The van der Waals surface area contributed by atoms with Crippen molar-refractivity contribution < 1.29 is 5.11 Å². The van der Waals surface area contributed by atoms with Crippen molar-refractivity contribution >= 4 is 5.82 Å². The van der Waals surface area contributed by atoms with Crippen LogP contribution in [0.15, 0.2) is 29.1 Å². The fourth-order valence-electron chi connectivity index (χ4n) is 3.45. The number of phenols is 1. The molecule has 0 spiro atoms. The molecule has 1 aliphatic carbocycles. The molecule has 2 aliphatic rings. The summed E-state index contributed by atoms with van der Waals surface area (Å²) in [5.74, 6) is 1.04. The van der Waals surface area contributed by atoms with Gasteiger partial charge in [-0.3, -0.25) is 4.79 Å². The highest BCUT2D eigenvalue weighted by molar-refractivity contribution is 5.81. The molecule has 1 aromatic heterocycles. The van der Waals surface area contributed by atoms with Crippen molar-refractivity contribution in [1.29, 1.82) is 0 Å². The molecular weight excluding hydrogens is 252 g/mol. The fourth-order valence-corrected chi connectivity index (χ4v) is 3.45. The van der Waals surface area contributed by atoms with Gasteiger partial charge in [0.25, 0.3) is 0 Å². The molecule has 0 fully saturated rings. The Morgan fingerprint density at radius 3 is 2.90 bits per heavy atom. The van der Waals surface area contributed by atoms with Crippen LogP contribution in [0, 0.1) is 0 Å². The van der Waals surface area contributed by atoms with Gasteiger partial charge in [0.1, 0.15) is 11.6 Å². The van der Waals surface area contributed by atoms with Crippen LogP contribution in [-0.2, 0) is 19.4 Å². The minimum atomic E-state index is 0.0830. The second-order valence-electron chi connectivity index (χ2n) is 5.43. The van der Waals surface area contributed by atoms with Crippen molar-refractivity contribution in [1.82, 2.24) is 4.57 Å². The summed E-state index contributed by atoms with van der Waals surface area (Å²) in [6.45, 7) is 1.75. The minimum Gasteiger partial charge on any atom is -0.507 e. The Balaban J connectivity index is 2.09. The Kier molecular flexibility index (Phi) is 2.39. The fraction of sp³-hybridized carbons (Fsp3) is 0.312. The maximum Gasteiger partial charge on any atom is 0.195 e. The van der Waals surface area contributed by atoms with Crippen LogP contribution in [0.4, 0.5) is 5.82 Å². The van der Waals surface area contributed by atoms with Gasteiger partial charge in [-0.2, -0.15) is 0 Å². The summed E-state index contributed by atoms with van der Waals surface area (Å²) in [5.41, 5.74) is 3.47. The predicted molar refractivity (Wildman–Crippen MR) is 78.3 cm³/mol. The average molecular weight is 268 g/mol. The van der Waals surface area contributed by atoms with E-state index in [1.54, 1.807) is 12.1 Å². The molecule has 20 heavy (non-hydrogen) atoms. The number of nitrogens with one attached hydrogen (secondary N) is 1. The van der Waals surface area contributed by atoms with E-state index >= 15 is 0 Å². The summed E-state index contributed by atoms with van der Waals surface area (Å²) in [6, 6.07) is 7.08. The SMILES string of the molecule is O=c1c2c(n3c(c1-c1ccccc1O)NCC3)CCC2. The molecule has 0 amide bonds. The maximum atomic E-state index is 12.8. The molecule has 4 nitrogen and oxygen atoms in total.